The molecule has 0 unspecified atom stereocenters. The summed E-state index contributed by atoms with van der Waals surface area (Å²) >= 11 is 1.84. The normalized spacial score (nSPS) is 16.9. The highest BCUT2D eigenvalue weighted by Crippen LogP contribution is 2.43. The third-order valence-electron chi connectivity index (χ3n) is 7.30. The Bertz CT molecular complexity index is 1430. The molecule has 0 saturated carbocycles. The number of carbonyl (C=O) groups excluding carboxylic acids is 1. The van der Waals surface area contributed by atoms with E-state index in [9.17, 15) is 9.18 Å². The molecule has 190 valence electrons. The number of hydrogen-bond donors (Lipinski definition) is 1. The second kappa shape index (κ2) is 9.68. The number of ether oxygens (including phenoxy) is 1. The Morgan fingerprint density at radius 1 is 1.08 bits per heavy atom. The van der Waals surface area contributed by atoms with Crippen LogP contribution in [0.3, 0.4) is 0 Å². The van der Waals surface area contributed by atoms with Gasteiger partial charge in [0.25, 0.3) is 0 Å². The Hall–Kier alpha value is -3.62. The first-order valence-corrected chi connectivity index (χ1v) is 13.3. The molecular formula is C29H29FN4O2S. The molecule has 0 spiro atoms. The summed E-state index contributed by atoms with van der Waals surface area (Å²) < 4.78 is 21.0. The fourth-order valence-corrected chi connectivity index (χ4v) is 6.81. The van der Waals surface area contributed by atoms with E-state index in [1.54, 1.807) is 19.2 Å². The molecule has 2 aromatic carbocycles. The summed E-state index contributed by atoms with van der Waals surface area (Å²) in [6.07, 6.45) is 3.09. The first-order chi connectivity index (χ1) is 18.0. The molecule has 2 amide bonds. The van der Waals surface area contributed by atoms with Crippen LogP contribution in [-0.4, -0.2) is 41.1 Å². The van der Waals surface area contributed by atoms with Gasteiger partial charge in [-0.25, -0.2) is 9.18 Å². The van der Waals surface area contributed by atoms with Crippen molar-refractivity contribution in [3.05, 3.63) is 106 Å². The molecule has 6 rings (SSSR count). The average Bonchev–Trinajstić information content (AvgIpc) is 3.49. The van der Waals surface area contributed by atoms with E-state index in [1.165, 1.54) is 33.1 Å². The third-order valence-corrected chi connectivity index (χ3v) is 8.56. The van der Waals surface area contributed by atoms with E-state index < -0.39 is 0 Å². The van der Waals surface area contributed by atoms with Gasteiger partial charge in [-0.3, -0.25) is 0 Å². The molecule has 0 radical (unpaired) electrons. The number of methoxy groups -OCH3 is 1. The highest BCUT2D eigenvalue weighted by atomic mass is 32.1. The Morgan fingerprint density at radius 3 is 2.62 bits per heavy atom. The Labute approximate surface area is 219 Å². The molecule has 2 aromatic heterocycles. The first kappa shape index (κ1) is 23.8. The first-order valence-electron chi connectivity index (χ1n) is 12.4. The molecule has 37 heavy (non-hydrogen) atoms. The lowest BCUT2D eigenvalue weighted by Crippen LogP contribution is -2.42. The number of hydrogen-bond acceptors (Lipinski definition) is 4. The molecule has 0 fully saturated rings. The smallest absolute Gasteiger partial charge is 0.318 e. The van der Waals surface area contributed by atoms with Gasteiger partial charge in [-0.1, -0.05) is 24.3 Å². The minimum Gasteiger partial charge on any atom is -0.497 e. The summed E-state index contributed by atoms with van der Waals surface area (Å²) in [5.41, 5.74) is 5.53. The summed E-state index contributed by atoms with van der Waals surface area (Å²) in [5, 5.41) is 4.30. The summed E-state index contributed by atoms with van der Waals surface area (Å²) in [7, 11) is 3.81. The van der Waals surface area contributed by atoms with Crippen LogP contribution in [-0.2, 0) is 26.1 Å². The number of thiophene rings is 1. The van der Waals surface area contributed by atoms with Gasteiger partial charge in [0.05, 0.1) is 25.4 Å². The minimum absolute atomic E-state index is 0.154. The van der Waals surface area contributed by atoms with Crippen molar-refractivity contribution in [2.24, 2.45) is 0 Å². The lowest BCUT2D eigenvalue weighted by molar-refractivity contribution is 0.180. The van der Waals surface area contributed by atoms with Crippen LogP contribution in [0.4, 0.5) is 9.18 Å². The molecule has 8 heteroatoms. The van der Waals surface area contributed by atoms with Crippen molar-refractivity contribution >= 4 is 17.4 Å². The molecule has 0 bridgehead atoms. The van der Waals surface area contributed by atoms with Crippen LogP contribution < -0.4 is 10.1 Å². The van der Waals surface area contributed by atoms with Crippen molar-refractivity contribution in [3.8, 4) is 10.8 Å². The van der Waals surface area contributed by atoms with Gasteiger partial charge in [-0.15, -0.1) is 11.3 Å². The van der Waals surface area contributed by atoms with Gasteiger partial charge < -0.3 is 24.4 Å². The van der Waals surface area contributed by atoms with Crippen molar-refractivity contribution in [2.45, 2.75) is 32.1 Å². The van der Waals surface area contributed by atoms with E-state index in [0.29, 0.717) is 13.1 Å². The molecule has 0 aliphatic carbocycles. The van der Waals surface area contributed by atoms with E-state index in [0.717, 1.165) is 42.1 Å². The van der Waals surface area contributed by atoms with Gasteiger partial charge in [0.15, 0.2) is 0 Å². The van der Waals surface area contributed by atoms with Gasteiger partial charge in [0.2, 0.25) is 0 Å². The predicted octanol–water partition coefficient (Wildman–Crippen LogP) is 5.49. The van der Waals surface area contributed by atoms with E-state index in [1.807, 2.05) is 40.5 Å². The molecule has 1 atom stereocenters. The SMILES string of the molecule is COc1ccc([C@H]2c3cccn3-c3sc4c(c3CN2C(=O)NCc2ccc(F)cc2)CCN(C)C4)cc1. The fourth-order valence-electron chi connectivity index (χ4n) is 5.37. The van der Waals surface area contributed by atoms with E-state index in [-0.39, 0.29) is 17.9 Å². The van der Waals surface area contributed by atoms with Crippen LogP contribution in [0.25, 0.3) is 5.00 Å². The number of fused-ring (bicyclic) bond motifs is 5. The number of likely N-dealkylation sites (N-methyl/N-ethyl adjacent to an activating group) is 1. The lowest BCUT2D eigenvalue weighted by atomic mass is 10.00. The molecule has 6 nitrogen and oxygen atoms in total. The van der Waals surface area contributed by atoms with E-state index in [2.05, 4.69) is 40.2 Å². The number of carbonyl (C=O) groups is 1. The fraction of sp³-hybridized carbons (Fsp3) is 0.276. The summed E-state index contributed by atoms with van der Waals surface area (Å²) in [6.45, 7) is 2.78. The Morgan fingerprint density at radius 2 is 1.86 bits per heavy atom. The maximum absolute atomic E-state index is 13.9. The van der Waals surface area contributed by atoms with Crippen molar-refractivity contribution in [2.75, 3.05) is 20.7 Å². The van der Waals surface area contributed by atoms with Crippen molar-refractivity contribution < 1.29 is 13.9 Å². The van der Waals surface area contributed by atoms with E-state index in [4.69, 9.17) is 4.74 Å². The summed E-state index contributed by atoms with van der Waals surface area (Å²) in [5.74, 6) is 0.487. The second-order valence-corrected chi connectivity index (χ2v) is 10.8. The zero-order valence-electron chi connectivity index (χ0n) is 20.9. The number of urea groups is 1. The lowest BCUT2D eigenvalue weighted by Gasteiger charge is -2.32. The largest absolute Gasteiger partial charge is 0.497 e. The van der Waals surface area contributed by atoms with Gasteiger partial charge >= 0.3 is 6.03 Å². The van der Waals surface area contributed by atoms with Crippen LogP contribution in [0.5, 0.6) is 5.75 Å². The maximum atomic E-state index is 13.9. The molecule has 2 aliphatic rings. The zero-order valence-corrected chi connectivity index (χ0v) is 21.7. The van der Waals surface area contributed by atoms with Crippen LogP contribution in [0.2, 0.25) is 0 Å². The number of nitrogens with zero attached hydrogens (tertiary/aromatic N) is 3. The van der Waals surface area contributed by atoms with Crippen LogP contribution in [0, 0.1) is 5.82 Å². The number of benzene rings is 2. The standard InChI is InChI=1S/C29H29FN4O2S/c1-32-15-13-23-24-17-34(29(35)31-16-19-5-9-21(30)10-6-19)27(20-7-11-22(36-2)12-8-20)25-4-3-14-33(25)28(24)37-26(23)18-32/h3-12,14,27H,13,15-18H2,1-2H3,(H,31,35)/t27-/m0/s1. The van der Waals surface area contributed by atoms with Gasteiger partial charge in [-0.2, -0.15) is 0 Å². The molecule has 0 saturated heterocycles. The van der Waals surface area contributed by atoms with Crippen molar-refractivity contribution in [1.82, 2.24) is 19.7 Å². The Balaban J connectivity index is 1.42. The number of nitrogens with one attached hydrogen (secondary N) is 1. The van der Waals surface area contributed by atoms with Crippen LogP contribution in [0.15, 0.2) is 66.9 Å². The van der Waals surface area contributed by atoms with E-state index >= 15 is 0 Å². The summed E-state index contributed by atoms with van der Waals surface area (Å²) in [6, 6.07) is 17.9. The van der Waals surface area contributed by atoms with Gasteiger partial charge in [-0.05, 0) is 66.6 Å². The third kappa shape index (κ3) is 4.40. The maximum Gasteiger partial charge on any atom is 0.318 e. The molecule has 4 aromatic rings. The molecule has 1 N–H and O–H groups in total. The highest BCUT2D eigenvalue weighted by molar-refractivity contribution is 7.15. The molecule has 2 aliphatic heterocycles. The molecule has 4 heterocycles. The quantitative estimate of drug-likeness (QED) is 0.390. The van der Waals surface area contributed by atoms with Gasteiger partial charge in [0, 0.05) is 36.3 Å². The number of halogens is 1. The second-order valence-electron chi connectivity index (χ2n) is 9.67. The molecular weight excluding hydrogens is 487 g/mol. The minimum atomic E-state index is -0.289. The zero-order chi connectivity index (χ0) is 25.5. The monoisotopic (exact) mass is 516 g/mol. The van der Waals surface area contributed by atoms with Crippen molar-refractivity contribution in [3.63, 3.8) is 0 Å². The topological polar surface area (TPSA) is 49.7 Å². The number of rotatable bonds is 4. The van der Waals surface area contributed by atoms with Gasteiger partial charge in [0.1, 0.15) is 16.6 Å². The van der Waals surface area contributed by atoms with Crippen LogP contribution >= 0.6 is 11.3 Å². The number of amides is 2. The predicted molar refractivity (Wildman–Crippen MR) is 143 cm³/mol. The number of aromatic nitrogens is 1. The van der Waals surface area contributed by atoms with Crippen LogP contribution in [0.1, 0.15) is 38.9 Å². The average molecular weight is 517 g/mol. The highest BCUT2D eigenvalue weighted by Gasteiger charge is 2.36. The van der Waals surface area contributed by atoms with Crippen molar-refractivity contribution in [1.29, 1.82) is 0 Å². The Kier molecular flexibility index (Phi) is 6.22. The summed E-state index contributed by atoms with van der Waals surface area (Å²) in [4.78, 5) is 19.6.